The molecule has 1 atom stereocenters. The van der Waals surface area contributed by atoms with Crippen LogP contribution >= 0.6 is 0 Å². The van der Waals surface area contributed by atoms with Crippen molar-refractivity contribution >= 4 is 6.08 Å². The second-order valence-electron chi connectivity index (χ2n) is 4.70. The van der Waals surface area contributed by atoms with Gasteiger partial charge in [0.05, 0.1) is 0 Å². The Morgan fingerprint density at radius 1 is 1.17 bits per heavy atom. The number of benzene rings is 1. The fraction of sp³-hybridized carbons (Fsp3) is 0.500. The summed E-state index contributed by atoms with van der Waals surface area (Å²) in [7, 11) is 4.08. The van der Waals surface area contributed by atoms with Crippen LogP contribution in [0.1, 0.15) is 31.7 Å². The molecule has 1 rings (SSSR count). The van der Waals surface area contributed by atoms with Gasteiger partial charge in [0.2, 0.25) is 0 Å². The lowest BCUT2D eigenvalue weighted by Crippen LogP contribution is -2.29. The van der Waals surface area contributed by atoms with Gasteiger partial charge in [0.15, 0.2) is 0 Å². The molecule has 0 amide bonds. The van der Waals surface area contributed by atoms with Crippen molar-refractivity contribution in [3.63, 3.8) is 0 Å². The van der Waals surface area contributed by atoms with Gasteiger partial charge in [-0.05, 0) is 32.2 Å². The first-order valence-corrected chi connectivity index (χ1v) is 6.75. The van der Waals surface area contributed by atoms with Crippen LogP contribution in [0.5, 0.6) is 0 Å². The molecule has 0 aliphatic carbocycles. The SMILES string of the molecule is CCCCCOC(C=Cc1ccccc1)N(C)C. The Morgan fingerprint density at radius 2 is 1.89 bits per heavy atom. The van der Waals surface area contributed by atoms with Gasteiger partial charge < -0.3 is 4.74 Å². The smallest absolute Gasteiger partial charge is 0.129 e. The van der Waals surface area contributed by atoms with E-state index in [1.54, 1.807) is 0 Å². The highest BCUT2D eigenvalue weighted by Crippen LogP contribution is 2.06. The van der Waals surface area contributed by atoms with Crippen LogP contribution in [0.25, 0.3) is 6.08 Å². The molecular weight excluding hydrogens is 222 g/mol. The van der Waals surface area contributed by atoms with Crippen molar-refractivity contribution < 1.29 is 4.74 Å². The van der Waals surface area contributed by atoms with Crippen molar-refractivity contribution in [1.29, 1.82) is 0 Å². The Morgan fingerprint density at radius 3 is 2.50 bits per heavy atom. The van der Waals surface area contributed by atoms with Crippen LogP contribution in [0.3, 0.4) is 0 Å². The van der Waals surface area contributed by atoms with Gasteiger partial charge in [0.1, 0.15) is 6.23 Å². The number of hydrogen-bond acceptors (Lipinski definition) is 2. The Labute approximate surface area is 111 Å². The van der Waals surface area contributed by atoms with Crippen molar-refractivity contribution in [3.8, 4) is 0 Å². The molecule has 0 saturated carbocycles. The Kier molecular flexibility index (Phi) is 7.38. The molecule has 0 aliphatic rings. The van der Waals surface area contributed by atoms with E-state index in [-0.39, 0.29) is 6.23 Å². The van der Waals surface area contributed by atoms with Gasteiger partial charge in [0.25, 0.3) is 0 Å². The van der Waals surface area contributed by atoms with E-state index in [9.17, 15) is 0 Å². The van der Waals surface area contributed by atoms with E-state index in [4.69, 9.17) is 4.74 Å². The highest BCUT2D eigenvalue weighted by atomic mass is 16.5. The molecule has 1 unspecified atom stereocenters. The molecule has 0 fully saturated rings. The molecule has 0 bridgehead atoms. The molecule has 100 valence electrons. The van der Waals surface area contributed by atoms with E-state index in [1.165, 1.54) is 18.4 Å². The molecule has 18 heavy (non-hydrogen) atoms. The summed E-state index contributed by atoms with van der Waals surface area (Å²) < 4.78 is 5.87. The lowest BCUT2D eigenvalue weighted by atomic mass is 10.2. The maximum atomic E-state index is 5.87. The van der Waals surface area contributed by atoms with E-state index >= 15 is 0 Å². The minimum absolute atomic E-state index is 0.0575. The van der Waals surface area contributed by atoms with Gasteiger partial charge in [-0.1, -0.05) is 56.2 Å². The lowest BCUT2D eigenvalue weighted by molar-refractivity contribution is -0.00330. The second-order valence-corrected chi connectivity index (χ2v) is 4.70. The number of unbranched alkanes of at least 4 members (excludes halogenated alkanes) is 2. The highest BCUT2D eigenvalue weighted by molar-refractivity contribution is 5.49. The van der Waals surface area contributed by atoms with Crippen molar-refractivity contribution in [2.24, 2.45) is 0 Å². The van der Waals surface area contributed by atoms with Crippen LogP contribution in [0.2, 0.25) is 0 Å². The standard InChI is InChI=1S/C16H25NO/c1-4-5-9-14-18-16(17(2)3)13-12-15-10-7-6-8-11-15/h6-8,10-13,16H,4-5,9,14H2,1-3H3. The van der Waals surface area contributed by atoms with Crippen LogP contribution in [0.15, 0.2) is 36.4 Å². The number of nitrogens with zero attached hydrogens (tertiary/aromatic N) is 1. The third-order valence-electron chi connectivity index (χ3n) is 2.80. The minimum Gasteiger partial charge on any atom is -0.359 e. The third kappa shape index (κ3) is 5.99. The summed E-state index contributed by atoms with van der Waals surface area (Å²) in [5, 5.41) is 0. The Balaban J connectivity index is 2.45. The quantitative estimate of drug-likeness (QED) is 0.512. The molecule has 1 aromatic rings. The average molecular weight is 247 g/mol. The second kappa shape index (κ2) is 8.90. The summed E-state index contributed by atoms with van der Waals surface area (Å²) in [5.74, 6) is 0. The number of ether oxygens (including phenoxy) is 1. The zero-order chi connectivity index (χ0) is 13.2. The molecule has 0 radical (unpaired) electrons. The van der Waals surface area contributed by atoms with Gasteiger partial charge in [-0.2, -0.15) is 0 Å². The first-order chi connectivity index (χ1) is 8.74. The minimum atomic E-state index is 0.0575. The molecule has 2 heteroatoms. The molecule has 0 aliphatic heterocycles. The van der Waals surface area contributed by atoms with Crippen molar-refractivity contribution in [3.05, 3.63) is 42.0 Å². The maximum Gasteiger partial charge on any atom is 0.129 e. The molecular formula is C16H25NO. The third-order valence-corrected chi connectivity index (χ3v) is 2.80. The van der Waals surface area contributed by atoms with Crippen LogP contribution in [-0.4, -0.2) is 31.8 Å². The van der Waals surface area contributed by atoms with Crippen LogP contribution in [0.4, 0.5) is 0 Å². The monoisotopic (exact) mass is 247 g/mol. The predicted octanol–water partition coefficient (Wildman–Crippen LogP) is 3.79. The highest BCUT2D eigenvalue weighted by Gasteiger charge is 2.06. The molecule has 2 nitrogen and oxygen atoms in total. The Bertz CT molecular complexity index is 332. The van der Waals surface area contributed by atoms with E-state index in [0.29, 0.717) is 0 Å². The molecule has 0 N–H and O–H groups in total. The topological polar surface area (TPSA) is 12.5 Å². The summed E-state index contributed by atoms with van der Waals surface area (Å²) in [6, 6.07) is 10.3. The van der Waals surface area contributed by atoms with Gasteiger partial charge in [0, 0.05) is 6.61 Å². The van der Waals surface area contributed by atoms with Crippen LogP contribution < -0.4 is 0 Å². The van der Waals surface area contributed by atoms with Gasteiger partial charge in [-0.15, -0.1) is 0 Å². The normalized spacial score (nSPS) is 13.3. The summed E-state index contributed by atoms with van der Waals surface area (Å²) in [6.45, 7) is 3.04. The van der Waals surface area contributed by atoms with E-state index in [1.807, 2.05) is 32.3 Å². The average Bonchev–Trinajstić information content (AvgIpc) is 2.38. The molecule has 0 heterocycles. The van der Waals surface area contributed by atoms with Gasteiger partial charge in [-0.25, -0.2) is 0 Å². The van der Waals surface area contributed by atoms with Gasteiger partial charge >= 0.3 is 0 Å². The summed E-state index contributed by atoms with van der Waals surface area (Å²) in [5.41, 5.74) is 1.21. The summed E-state index contributed by atoms with van der Waals surface area (Å²) in [4.78, 5) is 2.09. The zero-order valence-corrected chi connectivity index (χ0v) is 11.8. The van der Waals surface area contributed by atoms with E-state index in [0.717, 1.165) is 13.0 Å². The van der Waals surface area contributed by atoms with E-state index in [2.05, 4.69) is 36.1 Å². The molecule has 0 aromatic heterocycles. The van der Waals surface area contributed by atoms with Gasteiger partial charge in [-0.3, -0.25) is 4.90 Å². The predicted molar refractivity (Wildman–Crippen MR) is 78.4 cm³/mol. The number of rotatable bonds is 8. The molecule has 0 spiro atoms. The first-order valence-electron chi connectivity index (χ1n) is 6.75. The van der Waals surface area contributed by atoms with Crippen molar-refractivity contribution in [2.75, 3.05) is 20.7 Å². The summed E-state index contributed by atoms with van der Waals surface area (Å²) in [6.07, 6.45) is 7.89. The Hall–Kier alpha value is -1.12. The van der Waals surface area contributed by atoms with Crippen molar-refractivity contribution in [1.82, 2.24) is 4.90 Å². The lowest BCUT2D eigenvalue weighted by Gasteiger charge is -2.21. The van der Waals surface area contributed by atoms with Crippen LogP contribution in [0, 0.1) is 0 Å². The zero-order valence-electron chi connectivity index (χ0n) is 11.8. The fourth-order valence-corrected chi connectivity index (χ4v) is 1.69. The molecule has 1 aromatic carbocycles. The number of hydrogen-bond donors (Lipinski definition) is 0. The maximum absolute atomic E-state index is 5.87. The first kappa shape index (κ1) is 14.9. The fourth-order valence-electron chi connectivity index (χ4n) is 1.69. The summed E-state index contributed by atoms with van der Waals surface area (Å²) >= 11 is 0. The largest absolute Gasteiger partial charge is 0.359 e. The van der Waals surface area contributed by atoms with Crippen LogP contribution in [-0.2, 0) is 4.74 Å². The number of likely N-dealkylation sites (N-methyl/N-ethyl adjacent to an activating group) is 1. The van der Waals surface area contributed by atoms with E-state index < -0.39 is 0 Å². The van der Waals surface area contributed by atoms with Crippen molar-refractivity contribution in [2.45, 2.75) is 32.4 Å². The molecule has 0 saturated heterocycles.